The summed E-state index contributed by atoms with van der Waals surface area (Å²) in [5.41, 5.74) is 3.70. The zero-order valence-electron chi connectivity index (χ0n) is 10.5. The van der Waals surface area contributed by atoms with Crippen LogP contribution in [0, 0.1) is 11.8 Å². The number of hydrazine groups is 1. The molecule has 2 fully saturated rings. The molecule has 3 rings (SSSR count). The number of nitrogens with two attached hydrogens (primary N) is 1. The Kier molecular flexibility index (Phi) is 3.19. The zero-order chi connectivity index (χ0) is 12.4. The van der Waals surface area contributed by atoms with Gasteiger partial charge in [-0.2, -0.15) is 0 Å². The molecule has 2 atom stereocenters. The van der Waals surface area contributed by atoms with Crippen LogP contribution in [0.4, 0.5) is 5.69 Å². The minimum Gasteiger partial charge on any atom is -0.341 e. The topological polar surface area (TPSA) is 53.6 Å². The van der Waals surface area contributed by atoms with Crippen LogP contribution in [-0.4, -0.2) is 23.9 Å². The first-order valence-electron chi connectivity index (χ1n) is 6.72. The summed E-state index contributed by atoms with van der Waals surface area (Å²) in [6.45, 7) is 2.20. The van der Waals surface area contributed by atoms with Crippen molar-refractivity contribution in [2.75, 3.05) is 13.1 Å². The molecular weight excluding hydrogens is 224 g/mol. The lowest BCUT2D eigenvalue weighted by Crippen LogP contribution is -2.43. The van der Waals surface area contributed by atoms with E-state index in [1.165, 1.54) is 19.3 Å². The third-order valence-electron chi connectivity index (χ3n) is 4.15. The van der Waals surface area contributed by atoms with E-state index >= 15 is 0 Å². The van der Waals surface area contributed by atoms with Crippen molar-refractivity contribution in [2.24, 2.45) is 22.7 Å². The fourth-order valence-electron chi connectivity index (χ4n) is 3.23. The SMILES string of the molecule is NNC(=Nc1ccccc1)N1CC2CCCC2C1. The number of hydrogen-bond acceptors (Lipinski definition) is 2. The molecule has 2 unspecified atom stereocenters. The van der Waals surface area contributed by atoms with Gasteiger partial charge in [-0.3, -0.25) is 5.43 Å². The number of guanidine groups is 1. The Balaban J connectivity index is 1.75. The van der Waals surface area contributed by atoms with Gasteiger partial charge in [-0.1, -0.05) is 24.6 Å². The van der Waals surface area contributed by atoms with Crippen molar-refractivity contribution in [1.82, 2.24) is 10.3 Å². The van der Waals surface area contributed by atoms with Gasteiger partial charge in [0.1, 0.15) is 0 Å². The zero-order valence-corrected chi connectivity index (χ0v) is 10.5. The van der Waals surface area contributed by atoms with Gasteiger partial charge >= 0.3 is 0 Å². The van der Waals surface area contributed by atoms with E-state index < -0.39 is 0 Å². The average molecular weight is 244 g/mol. The van der Waals surface area contributed by atoms with Crippen molar-refractivity contribution in [3.63, 3.8) is 0 Å². The van der Waals surface area contributed by atoms with Crippen molar-refractivity contribution in [3.05, 3.63) is 30.3 Å². The van der Waals surface area contributed by atoms with E-state index in [9.17, 15) is 0 Å². The van der Waals surface area contributed by atoms with E-state index in [0.717, 1.165) is 36.6 Å². The Bertz CT molecular complexity index is 417. The van der Waals surface area contributed by atoms with Crippen LogP contribution < -0.4 is 11.3 Å². The maximum absolute atomic E-state index is 5.63. The molecule has 1 aliphatic heterocycles. The first-order valence-corrected chi connectivity index (χ1v) is 6.72. The third kappa shape index (κ3) is 2.20. The second-order valence-corrected chi connectivity index (χ2v) is 5.27. The predicted molar refractivity (Wildman–Crippen MR) is 73.3 cm³/mol. The molecule has 3 N–H and O–H groups in total. The molecule has 0 aromatic heterocycles. The van der Waals surface area contributed by atoms with Crippen molar-refractivity contribution < 1.29 is 0 Å². The second kappa shape index (κ2) is 4.98. The summed E-state index contributed by atoms with van der Waals surface area (Å²) in [5, 5.41) is 0. The minimum atomic E-state index is 0.801. The van der Waals surface area contributed by atoms with Gasteiger partial charge in [-0.15, -0.1) is 0 Å². The highest BCUT2D eigenvalue weighted by atomic mass is 15.4. The molecule has 1 saturated heterocycles. The van der Waals surface area contributed by atoms with E-state index in [-0.39, 0.29) is 0 Å². The standard InChI is InChI=1S/C14H20N4/c15-17-14(16-13-7-2-1-3-8-13)18-9-11-5-4-6-12(11)10-18/h1-3,7-8,11-12H,4-6,9-10,15H2,(H,16,17). The first kappa shape index (κ1) is 11.5. The van der Waals surface area contributed by atoms with E-state index in [2.05, 4.69) is 15.3 Å². The van der Waals surface area contributed by atoms with Gasteiger partial charge in [0, 0.05) is 13.1 Å². The summed E-state index contributed by atoms with van der Waals surface area (Å²) in [6.07, 6.45) is 4.12. The molecule has 96 valence electrons. The van der Waals surface area contributed by atoms with Crippen molar-refractivity contribution in [2.45, 2.75) is 19.3 Å². The Morgan fingerprint density at radius 2 is 1.83 bits per heavy atom. The molecule has 0 spiro atoms. The van der Waals surface area contributed by atoms with E-state index in [0.29, 0.717) is 0 Å². The highest BCUT2D eigenvalue weighted by Gasteiger charge is 2.37. The molecule has 1 aliphatic carbocycles. The Morgan fingerprint density at radius 1 is 1.17 bits per heavy atom. The molecule has 0 bridgehead atoms. The molecule has 0 radical (unpaired) electrons. The van der Waals surface area contributed by atoms with Crippen LogP contribution in [0.5, 0.6) is 0 Å². The van der Waals surface area contributed by atoms with Gasteiger partial charge in [0.15, 0.2) is 0 Å². The number of rotatable bonds is 1. The fraction of sp³-hybridized carbons (Fsp3) is 0.500. The Labute approximate surface area is 108 Å². The van der Waals surface area contributed by atoms with Crippen molar-refractivity contribution in [1.29, 1.82) is 0 Å². The molecule has 1 saturated carbocycles. The minimum absolute atomic E-state index is 0.801. The van der Waals surface area contributed by atoms with Crippen LogP contribution in [0.25, 0.3) is 0 Å². The van der Waals surface area contributed by atoms with E-state index in [4.69, 9.17) is 5.84 Å². The number of likely N-dealkylation sites (tertiary alicyclic amines) is 1. The Hall–Kier alpha value is -1.55. The molecule has 2 aliphatic rings. The van der Waals surface area contributed by atoms with Gasteiger partial charge in [0.05, 0.1) is 5.69 Å². The first-order chi connectivity index (χ1) is 8.86. The average Bonchev–Trinajstić information content (AvgIpc) is 2.98. The molecule has 4 heteroatoms. The molecular formula is C14H20N4. The van der Waals surface area contributed by atoms with Crippen LogP contribution in [0.15, 0.2) is 35.3 Å². The lowest BCUT2D eigenvalue weighted by molar-refractivity contribution is 0.448. The molecule has 4 nitrogen and oxygen atoms in total. The highest BCUT2D eigenvalue weighted by molar-refractivity contribution is 5.82. The summed E-state index contributed by atoms with van der Waals surface area (Å²) in [4.78, 5) is 6.89. The monoisotopic (exact) mass is 244 g/mol. The lowest BCUT2D eigenvalue weighted by atomic mass is 10.0. The fourth-order valence-corrected chi connectivity index (χ4v) is 3.23. The van der Waals surface area contributed by atoms with Gasteiger partial charge in [0.25, 0.3) is 0 Å². The summed E-state index contributed by atoms with van der Waals surface area (Å²) in [7, 11) is 0. The van der Waals surface area contributed by atoms with Crippen LogP contribution in [0.1, 0.15) is 19.3 Å². The van der Waals surface area contributed by atoms with Crippen molar-refractivity contribution in [3.8, 4) is 0 Å². The smallest absolute Gasteiger partial charge is 0.213 e. The lowest BCUT2D eigenvalue weighted by Gasteiger charge is -2.20. The number of nitrogens with zero attached hydrogens (tertiary/aromatic N) is 2. The number of benzene rings is 1. The number of para-hydroxylation sites is 1. The number of fused-ring (bicyclic) bond motifs is 1. The third-order valence-corrected chi connectivity index (χ3v) is 4.15. The quantitative estimate of drug-likeness (QED) is 0.343. The predicted octanol–water partition coefficient (Wildman–Crippen LogP) is 1.87. The molecule has 1 aromatic carbocycles. The van der Waals surface area contributed by atoms with Crippen LogP contribution >= 0.6 is 0 Å². The molecule has 18 heavy (non-hydrogen) atoms. The van der Waals surface area contributed by atoms with E-state index in [1.807, 2.05) is 30.3 Å². The highest BCUT2D eigenvalue weighted by Crippen LogP contribution is 2.37. The van der Waals surface area contributed by atoms with Crippen molar-refractivity contribution >= 4 is 11.6 Å². The summed E-state index contributed by atoms with van der Waals surface area (Å²) < 4.78 is 0. The van der Waals surface area contributed by atoms with Gasteiger partial charge in [-0.25, -0.2) is 10.8 Å². The summed E-state index contributed by atoms with van der Waals surface area (Å²) in [6, 6.07) is 9.97. The maximum atomic E-state index is 5.63. The van der Waals surface area contributed by atoms with E-state index in [1.54, 1.807) is 0 Å². The molecule has 1 aromatic rings. The number of hydrogen-bond donors (Lipinski definition) is 2. The van der Waals surface area contributed by atoms with Crippen LogP contribution in [0.2, 0.25) is 0 Å². The summed E-state index contributed by atoms with van der Waals surface area (Å²) in [5.74, 6) is 8.12. The summed E-state index contributed by atoms with van der Waals surface area (Å²) >= 11 is 0. The van der Waals surface area contributed by atoms with Crippen LogP contribution in [-0.2, 0) is 0 Å². The molecule has 1 heterocycles. The molecule has 0 amide bonds. The largest absolute Gasteiger partial charge is 0.341 e. The normalized spacial score (nSPS) is 27.4. The maximum Gasteiger partial charge on any atom is 0.213 e. The van der Waals surface area contributed by atoms with Gasteiger partial charge in [0.2, 0.25) is 5.96 Å². The second-order valence-electron chi connectivity index (χ2n) is 5.27. The number of nitrogens with one attached hydrogen (secondary N) is 1. The van der Waals surface area contributed by atoms with Gasteiger partial charge < -0.3 is 4.90 Å². The van der Waals surface area contributed by atoms with Gasteiger partial charge in [-0.05, 0) is 36.8 Å². The Morgan fingerprint density at radius 3 is 2.44 bits per heavy atom. The number of aliphatic imine (C=N–C) groups is 1. The van der Waals surface area contributed by atoms with Crippen LogP contribution in [0.3, 0.4) is 0 Å².